The number of rotatable bonds is 7. The highest BCUT2D eigenvalue weighted by Crippen LogP contribution is 2.29. The molecule has 0 fully saturated rings. The van der Waals surface area contributed by atoms with E-state index < -0.39 is 0 Å². The van der Waals surface area contributed by atoms with E-state index in [0.29, 0.717) is 19.7 Å². The van der Waals surface area contributed by atoms with E-state index in [4.69, 9.17) is 4.74 Å². The van der Waals surface area contributed by atoms with Crippen LogP contribution in [-0.4, -0.2) is 31.0 Å². The van der Waals surface area contributed by atoms with E-state index in [-0.39, 0.29) is 11.3 Å². The Bertz CT molecular complexity index is 718. The van der Waals surface area contributed by atoms with Gasteiger partial charge in [0.1, 0.15) is 5.75 Å². The van der Waals surface area contributed by atoms with Crippen LogP contribution in [-0.2, 0) is 16.8 Å². The maximum Gasteiger partial charge on any atom is 0.238 e. The maximum atomic E-state index is 12.5. The number of hydrogen-bond acceptors (Lipinski definition) is 3. The minimum absolute atomic E-state index is 0.00450. The molecule has 4 nitrogen and oxygen atoms in total. The van der Waals surface area contributed by atoms with Crippen LogP contribution in [0.4, 0.5) is 5.69 Å². The number of anilines is 1. The summed E-state index contributed by atoms with van der Waals surface area (Å²) < 4.78 is 5.46. The number of likely N-dealkylation sites (N-methyl/N-ethyl adjacent to an activating group) is 1. The smallest absolute Gasteiger partial charge is 0.238 e. The van der Waals surface area contributed by atoms with Gasteiger partial charge in [0, 0.05) is 12.2 Å². The molecule has 0 aliphatic heterocycles. The molecule has 0 aliphatic carbocycles. The lowest BCUT2D eigenvalue weighted by Crippen LogP contribution is -2.30. The van der Waals surface area contributed by atoms with Crippen molar-refractivity contribution in [1.29, 1.82) is 0 Å². The van der Waals surface area contributed by atoms with Crippen molar-refractivity contribution in [2.75, 3.05) is 25.5 Å². The van der Waals surface area contributed by atoms with Gasteiger partial charge in [0.15, 0.2) is 0 Å². The normalized spacial score (nSPS) is 11.5. The van der Waals surface area contributed by atoms with Gasteiger partial charge in [-0.25, -0.2) is 0 Å². The lowest BCUT2D eigenvalue weighted by molar-refractivity contribution is -0.117. The molecule has 140 valence electrons. The third-order valence-electron chi connectivity index (χ3n) is 4.11. The Morgan fingerprint density at radius 1 is 1.08 bits per heavy atom. The second-order valence-corrected chi connectivity index (χ2v) is 7.59. The Hall–Kier alpha value is -2.33. The van der Waals surface area contributed by atoms with Crippen LogP contribution in [0, 0.1) is 0 Å². The molecule has 2 aromatic rings. The number of carbonyl (C=O) groups is 1. The number of carbonyl (C=O) groups excluding carboxylic acids is 1. The van der Waals surface area contributed by atoms with Crippen LogP contribution in [0.2, 0.25) is 0 Å². The minimum atomic E-state index is -0.0158. The third-order valence-corrected chi connectivity index (χ3v) is 4.11. The molecule has 0 saturated carbocycles. The summed E-state index contributed by atoms with van der Waals surface area (Å²) in [6.07, 6.45) is 0. The van der Waals surface area contributed by atoms with Gasteiger partial charge < -0.3 is 10.1 Å². The Kier molecular flexibility index (Phi) is 6.81. The number of nitrogens with zero attached hydrogens (tertiary/aromatic N) is 1. The van der Waals surface area contributed by atoms with E-state index in [1.54, 1.807) is 0 Å². The van der Waals surface area contributed by atoms with Gasteiger partial charge >= 0.3 is 0 Å². The lowest BCUT2D eigenvalue weighted by Gasteiger charge is -2.23. The standard InChI is InChI=1S/C22H30N2O2/c1-6-26-18-13-11-17(12-14-18)15-24(5)16-21(25)23-20-10-8-7-9-19(20)22(2,3)4/h7-14H,6,15-16H2,1-5H3,(H,23,25). The fourth-order valence-corrected chi connectivity index (χ4v) is 2.91. The zero-order valence-corrected chi connectivity index (χ0v) is 16.5. The maximum absolute atomic E-state index is 12.5. The molecule has 0 bridgehead atoms. The molecule has 0 atom stereocenters. The number of amides is 1. The predicted molar refractivity (Wildman–Crippen MR) is 108 cm³/mol. The van der Waals surface area contributed by atoms with Crippen molar-refractivity contribution in [1.82, 2.24) is 4.90 Å². The van der Waals surface area contributed by atoms with Crippen molar-refractivity contribution in [2.45, 2.75) is 39.7 Å². The molecule has 2 aromatic carbocycles. The average molecular weight is 354 g/mol. The molecule has 0 heterocycles. The second-order valence-electron chi connectivity index (χ2n) is 7.59. The third kappa shape index (κ3) is 5.88. The molecule has 0 spiro atoms. The molecule has 0 saturated heterocycles. The van der Waals surface area contributed by atoms with Gasteiger partial charge in [-0.1, -0.05) is 51.1 Å². The Morgan fingerprint density at radius 2 is 1.73 bits per heavy atom. The van der Waals surface area contributed by atoms with Crippen molar-refractivity contribution in [2.24, 2.45) is 0 Å². The Morgan fingerprint density at radius 3 is 2.35 bits per heavy atom. The molecule has 0 radical (unpaired) electrons. The van der Waals surface area contributed by atoms with Crippen molar-refractivity contribution in [3.8, 4) is 5.75 Å². The van der Waals surface area contributed by atoms with Gasteiger partial charge in [-0.15, -0.1) is 0 Å². The van der Waals surface area contributed by atoms with Crippen LogP contribution in [0.25, 0.3) is 0 Å². The summed E-state index contributed by atoms with van der Waals surface area (Å²) in [5, 5.41) is 3.06. The van der Waals surface area contributed by atoms with E-state index in [0.717, 1.165) is 22.6 Å². The van der Waals surface area contributed by atoms with Crippen LogP contribution in [0.15, 0.2) is 48.5 Å². The van der Waals surface area contributed by atoms with Crippen LogP contribution in [0.5, 0.6) is 5.75 Å². The van der Waals surface area contributed by atoms with E-state index >= 15 is 0 Å². The molecule has 2 rings (SSSR count). The molecular weight excluding hydrogens is 324 g/mol. The molecule has 26 heavy (non-hydrogen) atoms. The fourth-order valence-electron chi connectivity index (χ4n) is 2.91. The molecule has 1 amide bonds. The number of hydrogen-bond donors (Lipinski definition) is 1. The van der Waals surface area contributed by atoms with E-state index in [1.807, 2.05) is 61.3 Å². The highest BCUT2D eigenvalue weighted by Gasteiger charge is 2.18. The SMILES string of the molecule is CCOc1ccc(CN(C)CC(=O)Nc2ccccc2C(C)(C)C)cc1. The van der Waals surface area contributed by atoms with Crippen LogP contribution in [0.1, 0.15) is 38.8 Å². The first-order valence-electron chi connectivity index (χ1n) is 9.09. The van der Waals surface area contributed by atoms with Gasteiger partial charge in [-0.05, 0) is 48.7 Å². The number of nitrogens with one attached hydrogen (secondary N) is 1. The van der Waals surface area contributed by atoms with Gasteiger partial charge in [0.25, 0.3) is 0 Å². The summed E-state index contributed by atoms with van der Waals surface area (Å²) in [7, 11) is 1.95. The first-order chi connectivity index (χ1) is 12.3. The summed E-state index contributed by atoms with van der Waals surface area (Å²) >= 11 is 0. The largest absolute Gasteiger partial charge is 0.494 e. The zero-order chi connectivity index (χ0) is 19.2. The molecular formula is C22H30N2O2. The monoisotopic (exact) mass is 354 g/mol. The van der Waals surface area contributed by atoms with Crippen molar-refractivity contribution in [3.63, 3.8) is 0 Å². The van der Waals surface area contributed by atoms with Gasteiger partial charge in [-0.3, -0.25) is 9.69 Å². The zero-order valence-electron chi connectivity index (χ0n) is 16.5. The summed E-state index contributed by atoms with van der Waals surface area (Å²) in [6, 6.07) is 16.0. The number of para-hydroxylation sites is 1. The van der Waals surface area contributed by atoms with Gasteiger partial charge in [0.2, 0.25) is 5.91 Å². The van der Waals surface area contributed by atoms with E-state index in [9.17, 15) is 4.79 Å². The van der Waals surface area contributed by atoms with Crippen LogP contribution < -0.4 is 10.1 Å². The van der Waals surface area contributed by atoms with Gasteiger partial charge in [0.05, 0.1) is 13.2 Å². The van der Waals surface area contributed by atoms with Crippen LogP contribution in [0.3, 0.4) is 0 Å². The highest BCUT2D eigenvalue weighted by atomic mass is 16.5. The van der Waals surface area contributed by atoms with Gasteiger partial charge in [-0.2, -0.15) is 0 Å². The first kappa shape index (κ1) is 20.0. The van der Waals surface area contributed by atoms with Crippen LogP contribution >= 0.6 is 0 Å². The fraction of sp³-hybridized carbons (Fsp3) is 0.409. The molecule has 0 aromatic heterocycles. The summed E-state index contributed by atoms with van der Waals surface area (Å²) in [5.41, 5.74) is 3.17. The highest BCUT2D eigenvalue weighted by molar-refractivity contribution is 5.93. The number of ether oxygens (including phenoxy) is 1. The first-order valence-corrected chi connectivity index (χ1v) is 9.09. The quantitative estimate of drug-likeness (QED) is 0.798. The summed E-state index contributed by atoms with van der Waals surface area (Å²) in [6.45, 7) is 10.1. The van der Waals surface area contributed by atoms with E-state index in [1.165, 1.54) is 0 Å². The topological polar surface area (TPSA) is 41.6 Å². The van der Waals surface area contributed by atoms with Crippen molar-refractivity contribution >= 4 is 11.6 Å². The summed E-state index contributed by atoms with van der Waals surface area (Å²) in [4.78, 5) is 14.5. The van der Waals surface area contributed by atoms with E-state index in [2.05, 4.69) is 32.2 Å². The van der Waals surface area contributed by atoms with Crippen molar-refractivity contribution in [3.05, 3.63) is 59.7 Å². The molecule has 0 aliphatic rings. The molecule has 1 N–H and O–H groups in total. The summed E-state index contributed by atoms with van der Waals surface area (Å²) in [5.74, 6) is 0.866. The average Bonchev–Trinajstić information content (AvgIpc) is 2.56. The minimum Gasteiger partial charge on any atom is -0.494 e. The predicted octanol–water partition coefficient (Wildman–Crippen LogP) is 4.45. The second kappa shape index (κ2) is 8.86. The molecule has 4 heteroatoms. The van der Waals surface area contributed by atoms with Crippen molar-refractivity contribution < 1.29 is 9.53 Å². The molecule has 0 unspecified atom stereocenters. The Labute approximate surface area is 157 Å². The number of benzene rings is 2. The lowest BCUT2D eigenvalue weighted by atomic mass is 9.86. The Balaban J connectivity index is 1.93.